The maximum atomic E-state index is 11.6. The van der Waals surface area contributed by atoms with Gasteiger partial charge in [0.25, 0.3) is 0 Å². The second-order valence-electron chi connectivity index (χ2n) is 5.10. The number of hydrogen-bond donors (Lipinski definition) is 0. The molecule has 0 amide bonds. The Balaban J connectivity index is 1.90. The van der Waals surface area contributed by atoms with Gasteiger partial charge in [0.1, 0.15) is 6.10 Å². The van der Waals surface area contributed by atoms with Crippen molar-refractivity contribution in [2.75, 3.05) is 6.61 Å². The first-order valence-corrected chi connectivity index (χ1v) is 7.27. The molecule has 1 aliphatic rings. The Morgan fingerprint density at radius 1 is 1.19 bits per heavy atom. The van der Waals surface area contributed by atoms with Crippen molar-refractivity contribution in [3.8, 4) is 0 Å². The van der Waals surface area contributed by atoms with Gasteiger partial charge in [-0.3, -0.25) is 0 Å². The molecule has 3 nitrogen and oxygen atoms in total. The Hall–Kier alpha value is -2.29. The van der Waals surface area contributed by atoms with E-state index < -0.39 is 6.16 Å². The minimum absolute atomic E-state index is 0.0838. The van der Waals surface area contributed by atoms with Gasteiger partial charge >= 0.3 is 6.16 Å². The molecule has 0 aliphatic heterocycles. The van der Waals surface area contributed by atoms with E-state index in [2.05, 4.69) is 36.4 Å². The van der Waals surface area contributed by atoms with Crippen LogP contribution in [0.1, 0.15) is 24.8 Å². The van der Waals surface area contributed by atoms with Crippen LogP contribution in [0.5, 0.6) is 0 Å². The van der Waals surface area contributed by atoms with E-state index in [4.69, 9.17) is 9.47 Å². The van der Waals surface area contributed by atoms with Gasteiger partial charge in [0.15, 0.2) is 0 Å². The van der Waals surface area contributed by atoms with Crippen molar-refractivity contribution >= 4 is 16.9 Å². The van der Waals surface area contributed by atoms with E-state index in [0.29, 0.717) is 6.61 Å². The van der Waals surface area contributed by atoms with Gasteiger partial charge in [-0.2, -0.15) is 0 Å². The molecule has 0 N–H and O–H groups in total. The number of hydrogen-bond acceptors (Lipinski definition) is 3. The number of fused-ring (bicyclic) bond motifs is 1. The lowest BCUT2D eigenvalue weighted by atomic mass is 9.91. The molecule has 3 rings (SSSR count). The quantitative estimate of drug-likeness (QED) is 0.617. The largest absolute Gasteiger partial charge is 0.508 e. The van der Waals surface area contributed by atoms with E-state index >= 15 is 0 Å². The first-order valence-electron chi connectivity index (χ1n) is 7.27. The highest BCUT2D eigenvalue weighted by atomic mass is 16.7. The minimum Gasteiger partial charge on any atom is -0.435 e. The third-order valence-electron chi connectivity index (χ3n) is 3.80. The molecule has 2 atom stereocenters. The van der Waals surface area contributed by atoms with Gasteiger partial charge in [-0.25, -0.2) is 4.79 Å². The van der Waals surface area contributed by atoms with Crippen molar-refractivity contribution in [1.82, 2.24) is 0 Å². The SMILES string of the molecule is CCOC(=O)O[C@@H]1CC=C[C@H]1c1cccc2ccccc12. The van der Waals surface area contributed by atoms with Crippen LogP contribution >= 0.6 is 0 Å². The molecular formula is C18H18O3. The van der Waals surface area contributed by atoms with Crippen LogP contribution < -0.4 is 0 Å². The molecule has 0 radical (unpaired) electrons. The second kappa shape index (κ2) is 6.00. The summed E-state index contributed by atoms with van der Waals surface area (Å²) < 4.78 is 10.3. The zero-order valence-electron chi connectivity index (χ0n) is 12.0. The number of carbonyl (C=O) groups excluding carboxylic acids is 1. The Morgan fingerprint density at radius 2 is 2.00 bits per heavy atom. The number of carbonyl (C=O) groups is 1. The van der Waals surface area contributed by atoms with Crippen molar-refractivity contribution in [2.45, 2.75) is 25.4 Å². The van der Waals surface area contributed by atoms with Gasteiger partial charge in [-0.1, -0.05) is 54.6 Å². The van der Waals surface area contributed by atoms with Gasteiger partial charge in [0.2, 0.25) is 0 Å². The molecule has 0 aromatic heterocycles. The first kappa shape index (κ1) is 13.7. The van der Waals surface area contributed by atoms with E-state index in [9.17, 15) is 4.79 Å². The van der Waals surface area contributed by atoms with E-state index in [1.165, 1.54) is 16.3 Å². The third kappa shape index (κ3) is 2.77. The molecule has 21 heavy (non-hydrogen) atoms. The molecule has 0 bridgehead atoms. The molecule has 0 spiro atoms. The molecule has 0 saturated carbocycles. The molecule has 0 saturated heterocycles. The van der Waals surface area contributed by atoms with E-state index in [1.807, 2.05) is 18.2 Å². The molecule has 3 heteroatoms. The summed E-state index contributed by atoms with van der Waals surface area (Å²) in [5.41, 5.74) is 1.19. The predicted octanol–water partition coefficient (Wildman–Crippen LogP) is 4.43. The maximum absolute atomic E-state index is 11.6. The summed E-state index contributed by atoms with van der Waals surface area (Å²) in [6, 6.07) is 14.5. The fourth-order valence-corrected chi connectivity index (χ4v) is 2.87. The summed E-state index contributed by atoms with van der Waals surface area (Å²) in [6.45, 7) is 2.11. The van der Waals surface area contributed by atoms with Gasteiger partial charge in [-0.15, -0.1) is 0 Å². The van der Waals surface area contributed by atoms with Gasteiger partial charge in [-0.05, 0) is 23.3 Å². The number of ether oxygens (including phenoxy) is 2. The highest BCUT2D eigenvalue weighted by Gasteiger charge is 2.29. The topological polar surface area (TPSA) is 35.5 Å². The van der Waals surface area contributed by atoms with Gasteiger partial charge in [0.05, 0.1) is 6.61 Å². The van der Waals surface area contributed by atoms with Crippen molar-refractivity contribution in [2.24, 2.45) is 0 Å². The summed E-state index contributed by atoms with van der Waals surface area (Å²) in [6.07, 6.45) is 4.14. The Labute approximate surface area is 124 Å². The lowest BCUT2D eigenvalue weighted by molar-refractivity contribution is 0.0254. The van der Waals surface area contributed by atoms with Crippen molar-refractivity contribution < 1.29 is 14.3 Å². The minimum atomic E-state index is -0.587. The number of rotatable bonds is 3. The van der Waals surface area contributed by atoms with E-state index in [-0.39, 0.29) is 12.0 Å². The fraction of sp³-hybridized carbons (Fsp3) is 0.278. The van der Waals surface area contributed by atoms with Crippen LogP contribution in [0.25, 0.3) is 10.8 Å². The Kier molecular flexibility index (Phi) is 3.91. The average molecular weight is 282 g/mol. The van der Waals surface area contributed by atoms with Crippen LogP contribution in [0.2, 0.25) is 0 Å². The monoisotopic (exact) mass is 282 g/mol. The normalized spacial score (nSPS) is 20.6. The summed E-state index contributed by atoms with van der Waals surface area (Å²) in [5.74, 6) is 0.0838. The van der Waals surface area contributed by atoms with Crippen molar-refractivity contribution in [3.63, 3.8) is 0 Å². The summed E-state index contributed by atoms with van der Waals surface area (Å²) in [7, 11) is 0. The Morgan fingerprint density at radius 3 is 2.86 bits per heavy atom. The molecule has 1 aliphatic carbocycles. The molecule has 108 valence electrons. The van der Waals surface area contributed by atoms with Crippen molar-refractivity contribution in [1.29, 1.82) is 0 Å². The second-order valence-corrected chi connectivity index (χ2v) is 5.10. The van der Waals surface area contributed by atoms with Crippen LogP contribution in [-0.2, 0) is 9.47 Å². The van der Waals surface area contributed by atoms with Crippen LogP contribution in [0, 0.1) is 0 Å². The first-order chi connectivity index (χ1) is 10.3. The third-order valence-corrected chi connectivity index (χ3v) is 3.80. The summed E-state index contributed by atoms with van der Waals surface area (Å²) in [4.78, 5) is 11.6. The zero-order chi connectivity index (χ0) is 14.7. The van der Waals surface area contributed by atoms with Gasteiger partial charge in [0, 0.05) is 12.3 Å². The van der Waals surface area contributed by atoms with Crippen LogP contribution in [0.15, 0.2) is 54.6 Å². The lowest BCUT2D eigenvalue weighted by Crippen LogP contribution is -2.22. The smallest absolute Gasteiger partial charge is 0.435 e. The Bertz CT molecular complexity index is 670. The van der Waals surface area contributed by atoms with Crippen LogP contribution in [-0.4, -0.2) is 18.9 Å². The molecule has 0 heterocycles. The lowest BCUT2D eigenvalue weighted by Gasteiger charge is -2.21. The summed E-state index contributed by atoms with van der Waals surface area (Å²) >= 11 is 0. The highest BCUT2D eigenvalue weighted by Crippen LogP contribution is 2.35. The average Bonchev–Trinajstić information content (AvgIpc) is 2.95. The fourth-order valence-electron chi connectivity index (χ4n) is 2.87. The molecule has 0 unspecified atom stereocenters. The molecule has 0 fully saturated rings. The molecular weight excluding hydrogens is 264 g/mol. The van der Waals surface area contributed by atoms with E-state index in [0.717, 1.165) is 6.42 Å². The maximum Gasteiger partial charge on any atom is 0.508 e. The van der Waals surface area contributed by atoms with Crippen molar-refractivity contribution in [3.05, 3.63) is 60.2 Å². The van der Waals surface area contributed by atoms with Crippen LogP contribution in [0.4, 0.5) is 4.79 Å². The number of benzene rings is 2. The van der Waals surface area contributed by atoms with Crippen LogP contribution in [0.3, 0.4) is 0 Å². The highest BCUT2D eigenvalue weighted by molar-refractivity contribution is 5.86. The standard InChI is InChI=1S/C18H18O3/c1-2-20-18(19)21-17-12-6-11-16(17)15-10-5-8-13-7-3-4-9-14(13)15/h3-11,16-17H,2,12H2,1H3/t16-,17+/m0/s1. The molecule has 2 aromatic carbocycles. The van der Waals surface area contributed by atoms with Gasteiger partial charge < -0.3 is 9.47 Å². The predicted molar refractivity (Wildman–Crippen MR) is 82.3 cm³/mol. The molecule has 2 aromatic rings. The zero-order valence-corrected chi connectivity index (χ0v) is 12.0. The van der Waals surface area contributed by atoms with E-state index in [1.54, 1.807) is 6.92 Å². The summed E-state index contributed by atoms with van der Waals surface area (Å²) in [5, 5.41) is 2.40.